The van der Waals surface area contributed by atoms with E-state index in [0.717, 1.165) is 3.57 Å². The summed E-state index contributed by atoms with van der Waals surface area (Å²) in [5, 5.41) is 0. The molecule has 0 aliphatic carbocycles. The van der Waals surface area contributed by atoms with Gasteiger partial charge in [0.15, 0.2) is 0 Å². The lowest BCUT2D eigenvalue weighted by atomic mass is 10.1. The zero-order valence-electron chi connectivity index (χ0n) is 10.0. The van der Waals surface area contributed by atoms with Crippen LogP contribution in [0.4, 0.5) is 0 Å². The monoisotopic (exact) mass is 361 g/mol. The fourth-order valence-corrected chi connectivity index (χ4v) is 2.08. The molecule has 0 bridgehead atoms. The van der Waals surface area contributed by atoms with Crippen molar-refractivity contribution in [1.29, 1.82) is 0 Å². The largest absolute Gasteiger partial charge is 0.487 e. The SMILES string of the molecule is CC(C)(C)Oc1cccc(I)c1C(=O)OC[Si]. The first kappa shape index (κ1) is 14.5. The van der Waals surface area contributed by atoms with Crippen LogP contribution in [0.2, 0.25) is 0 Å². The summed E-state index contributed by atoms with van der Waals surface area (Å²) in [4.78, 5) is 11.8. The molecule has 0 fully saturated rings. The molecule has 3 nitrogen and oxygen atoms in total. The van der Waals surface area contributed by atoms with Crippen molar-refractivity contribution >= 4 is 38.8 Å². The second-order valence-electron chi connectivity index (χ2n) is 4.40. The molecule has 91 valence electrons. The Balaban J connectivity index is 3.13. The summed E-state index contributed by atoms with van der Waals surface area (Å²) in [6, 6.07) is 5.48. The summed E-state index contributed by atoms with van der Waals surface area (Å²) in [6.07, 6.45) is 0.165. The van der Waals surface area contributed by atoms with Crippen LogP contribution < -0.4 is 4.74 Å². The molecular weight excluding hydrogens is 347 g/mol. The number of benzene rings is 1. The van der Waals surface area contributed by atoms with Crippen molar-refractivity contribution in [3.63, 3.8) is 0 Å². The van der Waals surface area contributed by atoms with Gasteiger partial charge in [0.05, 0.1) is 16.5 Å². The van der Waals surface area contributed by atoms with Crippen molar-refractivity contribution in [2.24, 2.45) is 0 Å². The van der Waals surface area contributed by atoms with Gasteiger partial charge in [-0.05, 0) is 55.5 Å². The van der Waals surface area contributed by atoms with Gasteiger partial charge >= 0.3 is 5.97 Å². The number of ether oxygens (including phenoxy) is 2. The highest BCUT2D eigenvalue weighted by Gasteiger charge is 2.21. The Morgan fingerprint density at radius 2 is 2.06 bits per heavy atom. The topological polar surface area (TPSA) is 35.5 Å². The van der Waals surface area contributed by atoms with Gasteiger partial charge in [-0.25, -0.2) is 4.79 Å². The van der Waals surface area contributed by atoms with Crippen molar-refractivity contribution in [3.05, 3.63) is 27.3 Å². The molecule has 0 saturated heterocycles. The standard InChI is InChI=1S/C12H14IO3Si/c1-12(2,3)16-9-6-4-5-8(13)10(9)11(14)15-7-17/h4-6H,7H2,1-3H3. The third-order valence-corrected chi connectivity index (χ3v) is 2.84. The molecule has 0 amide bonds. The van der Waals surface area contributed by atoms with E-state index >= 15 is 0 Å². The normalized spacial score (nSPS) is 11.1. The molecule has 0 aliphatic heterocycles. The van der Waals surface area contributed by atoms with Crippen LogP contribution >= 0.6 is 22.6 Å². The van der Waals surface area contributed by atoms with Crippen LogP contribution in [0.25, 0.3) is 0 Å². The Bertz CT molecular complexity index is 413. The molecule has 1 aromatic carbocycles. The second-order valence-corrected chi connectivity index (χ2v) is 5.85. The number of carbonyl (C=O) groups is 1. The number of halogens is 1. The fourth-order valence-electron chi connectivity index (χ4n) is 1.26. The van der Waals surface area contributed by atoms with Crippen LogP contribution in [0.3, 0.4) is 0 Å². The summed E-state index contributed by atoms with van der Waals surface area (Å²) in [5.41, 5.74) is 0.120. The van der Waals surface area contributed by atoms with Gasteiger partial charge in [0.25, 0.3) is 0 Å². The molecule has 0 atom stereocenters. The van der Waals surface area contributed by atoms with Gasteiger partial charge < -0.3 is 9.47 Å². The lowest BCUT2D eigenvalue weighted by molar-refractivity contribution is 0.0558. The Hall–Kier alpha value is -0.563. The first-order valence-electron chi connectivity index (χ1n) is 5.14. The first-order chi connectivity index (χ1) is 7.85. The molecule has 0 aromatic heterocycles. The Morgan fingerprint density at radius 3 is 2.59 bits per heavy atom. The van der Waals surface area contributed by atoms with E-state index in [0.29, 0.717) is 11.3 Å². The predicted molar refractivity (Wildman–Crippen MR) is 75.6 cm³/mol. The molecule has 0 unspecified atom stereocenters. The van der Waals surface area contributed by atoms with Crippen LogP contribution in [0.5, 0.6) is 5.75 Å². The average molecular weight is 361 g/mol. The number of carbonyl (C=O) groups excluding carboxylic acids is 1. The zero-order chi connectivity index (χ0) is 13.1. The number of hydrogen-bond acceptors (Lipinski definition) is 3. The molecule has 0 heterocycles. The second kappa shape index (κ2) is 5.86. The lowest BCUT2D eigenvalue weighted by Crippen LogP contribution is -2.24. The summed E-state index contributed by atoms with van der Waals surface area (Å²) >= 11 is 2.10. The van der Waals surface area contributed by atoms with E-state index in [9.17, 15) is 4.79 Å². The van der Waals surface area contributed by atoms with Gasteiger partial charge in [0, 0.05) is 3.57 Å². The van der Waals surface area contributed by atoms with E-state index in [2.05, 4.69) is 32.8 Å². The number of hydrogen-bond donors (Lipinski definition) is 0. The number of rotatable bonds is 3. The lowest BCUT2D eigenvalue weighted by Gasteiger charge is -2.23. The maximum absolute atomic E-state index is 11.8. The maximum Gasteiger partial charge on any atom is 0.342 e. The van der Waals surface area contributed by atoms with Gasteiger partial charge in [-0.1, -0.05) is 6.07 Å². The van der Waals surface area contributed by atoms with Gasteiger partial charge in [0.2, 0.25) is 0 Å². The Labute approximate surface area is 118 Å². The summed E-state index contributed by atoms with van der Waals surface area (Å²) < 4.78 is 11.5. The minimum atomic E-state index is -0.385. The summed E-state index contributed by atoms with van der Waals surface area (Å²) in [5.74, 6) is 0.166. The van der Waals surface area contributed by atoms with E-state index in [1.165, 1.54) is 0 Å². The third-order valence-electron chi connectivity index (χ3n) is 1.80. The van der Waals surface area contributed by atoms with Crippen molar-refractivity contribution in [1.82, 2.24) is 0 Å². The highest BCUT2D eigenvalue weighted by molar-refractivity contribution is 14.1. The maximum atomic E-state index is 11.8. The van der Waals surface area contributed by atoms with E-state index in [4.69, 9.17) is 9.47 Å². The van der Waals surface area contributed by atoms with Crippen LogP contribution in [0.15, 0.2) is 18.2 Å². The summed E-state index contributed by atoms with van der Waals surface area (Å²) in [6.45, 7) is 5.81. The van der Waals surface area contributed by atoms with Crippen LogP contribution in [-0.2, 0) is 4.74 Å². The van der Waals surface area contributed by atoms with E-state index in [1.54, 1.807) is 6.07 Å². The fraction of sp³-hybridized carbons (Fsp3) is 0.417. The number of esters is 1. The average Bonchev–Trinajstić information content (AvgIpc) is 2.15. The van der Waals surface area contributed by atoms with E-state index in [-0.39, 0.29) is 17.8 Å². The molecule has 5 heteroatoms. The van der Waals surface area contributed by atoms with Gasteiger partial charge in [-0.15, -0.1) is 0 Å². The highest BCUT2D eigenvalue weighted by Crippen LogP contribution is 2.27. The molecule has 0 N–H and O–H groups in total. The first-order valence-corrected chi connectivity index (χ1v) is 6.93. The van der Waals surface area contributed by atoms with Crippen LogP contribution in [0.1, 0.15) is 31.1 Å². The van der Waals surface area contributed by atoms with Crippen LogP contribution in [0, 0.1) is 3.57 Å². The molecular formula is C12H14IO3Si. The molecule has 1 rings (SSSR count). The van der Waals surface area contributed by atoms with Crippen molar-refractivity contribution in [2.45, 2.75) is 26.4 Å². The van der Waals surface area contributed by atoms with Crippen molar-refractivity contribution in [2.75, 3.05) is 6.23 Å². The highest BCUT2D eigenvalue weighted by atomic mass is 127. The summed E-state index contributed by atoms with van der Waals surface area (Å²) in [7, 11) is 3.12. The smallest absolute Gasteiger partial charge is 0.342 e. The van der Waals surface area contributed by atoms with E-state index < -0.39 is 0 Å². The van der Waals surface area contributed by atoms with Crippen LogP contribution in [-0.4, -0.2) is 28.0 Å². The molecule has 1 aromatic rings. The van der Waals surface area contributed by atoms with Crippen molar-refractivity contribution in [3.8, 4) is 5.75 Å². The molecule has 0 aliphatic rings. The Morgan fingerprint density at radius 1 is 1.41 bits per heavy atom. The van der Waals surface area contributed by atoms with Gasteiger partial charge in [-0.2, -0.15) is 0 Å². The predicted octanol–water partition coefficient (Wildman–Crippen LogP) is 2.75. The third kappa shape index (κ3) is 4.31. The molecule has 0 saturated carbocycles. The zero-order valence-corrected chi connectivity index (χ0v) is 13.2. The minimum absolute atomic E-state index is 0.165. The molecule has 0 spiro atoms. The van der Waals surface area contributed by atoms with Crippen molar-refractivity contribution < 1.29 is 14.3 Å². The van der Waals surface area contributed by atoms with Gasteiger partial charge in [0.1, 0.15) is 16.9 Å². The minimum Gasteiger partial charge on any atom is -0.487 e. The molecule has 17 heavy (non-hydrogen) atoms. The van der Waals surface area contributed by atoms with E-state index in [1.807, 2.05) is 32.9 Å². The molecule has 3 radical (unpaired) electrons. The Kier molecular flexibility index (Phi) is 5.00. The van der Waals surface area contributed by atoms with Gasteiger partial charge in [-0.3, -0.25) is 0 Å². The quantitative estimate of drug-likeness (QED) is 0.472.